The van der Waals surface area contributed by atoms with Gasteiger partial charge in [0.2, 0.25) is 6.29 Å². The van der Waals surface area contributed by atoms with E-state index in [-0.39, 0.29) is 17.9 Å². The Balaban J connectivity index is 2.50. The van der Waals surface area contributed by atoms with Crippen molar-refractivity contribution < 1.29 is 28.8 Å². The molecule has 6 nitrogen and oxygen atoms in total. The Labute approximate surface area is 117 Å². The van der Waals surface area contributed by atoms with E-state index in [0.717, 1.165) is 0 Å². The van der Waals surface area contributed by atoms with Gasteiger partial charge in [-0.1, -0.05) is 0 Å². The zero-order chi connectivity index (χ0) is 14.7. The monoisotopic (exact) mass is 282 g/mol. The summed E-state index contributed by atoms with van der Waals surface area (Å²) < 4.78 is 20.9. The second-order valence-corrected chi connectivity index (χ2v) is 4.20. The van der Waals surface area contributed by atoms with E-state index < -0.39 is 12.3 Å². The number of carbonyl (C=O) groups excluding carboxylic acids is 1. The highest BCUT2D eigenvalue weighted by molar-refractivity contribution is 5.95. The van der Waals surface area contributed by atoms with E-state index in [1.807, 2.05) is 6.92 Å². The maximum atomic E-state index is 11.8. The maximum absolute atomic E-state index is 11.8. The second kappa shape index (κ2) is 6.11. The zero-order valence-electron chi connectivity index (χ0n) is 11.8. The molecule has 1 aliphatic rings. The van der Waals surface area contributed by atoms with Crippen LogP contribution in [0.15, 0.2) is 6.07 Å². The molecule has 1 aromatic carbocycles. The SMILES string of the molecule is CCOCc1c(OC)cc2c(c1O)C(OCC)OC2=O. The number of carbonyl (C=O) groups is 1. The first-order valence-corrected chi connectivity index (χ1v) is 6.47. The summed E-state index contributed by atoms with van der Waals surface area (Å²) in [5, 5.41) is 10.4. The molecule has 1 aliphatic heterocycles. The van der Waals surface area contributed by atoms with Gasteiger partial charge in [0, 0.05) is 13.2 Å². The van der Waals surface area contributed by atoms with E-state index in [1.54, 1.807) is 13.0 Å². The number of cyclic esters (lactones) is 1. The van der Waals surface area contributed by atoms with Gasteiger partial charge in [0.05, 0.1) is 30.4 Å². The van der Waals surface area contributed by atoms with Crippen LogP contribution in [0.5, 0.6) is 11.5 Å². The number of hydrogen-bond donors (Lipinski definition) is 1. The molecular formula is C14H18O6. The molecule has 0 amide bonds. The molecule has 6 heteroatoms. The fourth-order valence-electron chi connectivity index (χ4n) is 2.12. The largest absolute Gasteiger partial charge is 0.507 e. The van der Waals surface area contributed by atoms with Gasteiger partial charge in [-0.05, 0) is 19.9 Å². The quantitative estimate of drug-likeness (QED) is 0.806. The van der Waals surface area contributed by atoms with E-state index in [1.165, 1.54) is 7.11 Å². The summed E-state index contributed by atoms with van der Waals surface area (Å²) in [5.41, 5.74) is 1.08. The van der Waals surface area contributed by atoms with E-state index in [0.29, 0.717) is 30.1 Å². The van der Waals surface area contributed by atoms with E-state index in [4.69, 9.17) is 18.9 Å². The van der Waals surface area contributed by atoms with Crippen LogP contribution in [-0.4, -0.2) is 31.4 Å². The smallest absolute Gasteiger partial charge is 0.341 e. The Morgan fingerprint density at radius 2 is 2.10 bits per heavy atom. The van der Waals surface area contributed by atoms with Crippen LogP contribution in [0.2, 0.25) is 0 Å². The molecule has 1 heterocycles. The van der Waals surface area contributed by atoms with Gasteiger partial charge in [-0.25, -0.2) is 4.79 Å². The Bertz CT molecular complexity index is 511. The number of ether oxygens (including phenoxy) is 4. The molecule has 1 atom stereocenters. The number of esters is 1. The van der Waals surface area contributed by atoms with Crippen molar-refractivity contribution in [3.05, 3.63) is 22.8 Å². The number of methoxy groups -OCH3 is 1. The molecule has 0 aliphatic carbocycles. The fourth-order valence-corrected chi connectivity index (χ4v) is 2.12. The first-order chi connectivity index (χ1) is 9.63. The van der Waals surface area contributed by atoms with Gasteiger partial charge in [0.1, 0.15) is 11.5 Å². The number of phenols is 1. The summed E-state index contributed by atoms with van der Waals surface area (Å²) in [7, 11) is 1.47. The lowest BCUT2D eigenvalue weighted by molar-refractivity contribution is -0.100. The third-order valence-electron chi connectivity index (χ3n) is 3.06. The number of fused-ring (bicyclic) bond motifs is 1. The Morgan fingerprint density at radius 3 is 2.70 bits per heavy atom. The summed E-state index contributed by atoms with van der Waals surface area (Å²) in [4.78, 5) is 11.8. The first kappa shape index (κ1) is 14.6. The molecule has 0 spiro atoms. The highest BCUT2D eigenvalue weighted by Gasteiger charge is 2.37. The van der Waals surface area contributed by atoms with Crippen LogP contribution in [0, 0.1) is 0 Å². The predicted octanol–water partition coefficient (Wildman–Crippen LogP) is 2.14. The third-order valence-corrected chi connectivity index (χ3v) is 3.06. The molecule has 110 valence electrons. The lowest BCUT2D eigenvalue weighted by atomic mass is 10.0. The minimum Gasteiger partial charge on any atom is -0.507 e. The van der Waals surface area contributed by atoms with Crippen LogP contribution in [-0.2, 0) is 20.8 Å². The molecule has 0 saturated carbocycles. The molecule has 0 fully saturated rings. The molecule has 20 heavy (non-hydrogen) atoms. The predicted molar refractivity (Wildman–Crippen MR) is 69.8 cm³/mol. The van der Waals surface area contributed by atoms with Gasteiger partial charge in [-0.2, -0.15) is 0 Å². The van der Waals surface area contributed by atoms with Gasteiger partial charge in [0.25, 0.3) is 0 Å². The van der Waals surface area contributed by atoms with Gasteiger partial charge >= 0.3 is 5.97 Å². The van der Waals surface area contributed by atoms with Crippen molar-refractivity contribution in [1.82, 2.24) is 0 Å². The minimum atomic E-state index is -0.881. The van der Waals surface area contributed by atoms with Crippen molar-refractivity contribution >= 4 is 5.97 Å². The Kier molecular flexibility index (Phi) is 4.46. The molecule has 0 radical (unpaired) electrons. The lowest BCUT2D eigenvalue weighted by Gasteiger charge is -2.16. The average molecular weight is 282 g/mol. The maximum Gasteiger partial charge on any atom is 0.341 e. The standard InChI is InChI=1S/C14H18O6/c1-4-18-7-9-10(17-3)6-8-11(12(9)15)14(19-5-2)20-13(8)16/h6,14-15H,4-5,7H2,1-3H3. The molecular weight excluding hydrogens is 264 g/mol. The van der Waals surface area contributed by atoms with Crippen LogP contribution < -0.4 is 4.74 Å². The van der Waals surface area contributed by atoms with Crippen LogP contribution in [0.3, 0.4) is 0 Å². The fraction of sp³-hybridized carbons (Fsp3) is 0.500. The third kappa shape index (κ3) is 2.44. The highest BCUT2D eigenvalue weighted by Crippen LogP contribution is 2.43. The molecule has 1 unspecified atom stereocenters. The minimum absolute atomic E-state index is 0.0721. The van der Waals surface area contributed by atoms with Crippen molar-refractivity contribution in [2.45, 2.75) is 26.7 Å². The lowest BCUT2D eigenvalue weighted by Crippen LogP contribution is -2.05. The second-order valence-electron chi connectivity index (χ2n) is 4.20. The summed E-state index contributed by atoms with van der Waals surface area (Å²) in [6, 6.07) is 1.55. The van der Waals surface area contributed by atoms with Gasteiger partial charge in [0.15, 0.2) is 0 Å². The van der Waals surface area contributed by atoms with Crippen molar-refractivity contribution in [3.8, 4) is 11.5 Å². The van der Waals surface area contributed by atoms with Crippen molar-refractivity contribution in [1.29, 1.82) is 0 Å². The van der Waals surface area contributed by atoms with Crippen LogP contribution in [0.4, 0.5) is 0 Å². The van der Waals surface area contributed by atoms with E-state index >= 15 is 0 Å². The normalized spacial score (nSPS) is 16.9. The molecule has 1 N–H and O–H groups in total. The summed E-state index contributed by atoms with van der Waals surface area (Å²) >= 11 is 0. The number of hydrogen-bond acceptors (Lipinski definition) is 6. The number of phenolic OH excluding ortho intramolecular Hbond substituents is 1. The summed E-state index contributed by atoms with van der Waals surface area (Å²) in [6.07, 6.45) is -0.881. The molecule has 0 bridgehead atoms. The molecule has 0 saturated heterocycles. The highest BCUT2D eigenvalue weighted by atomic mass is 16.7. The van der Waals surface area contributed by atoms with Gasteiger partial charge < -0.3 is 24.1 Å². The summed E-state index contributed by atoms with van der Waals surface area (Å²) in [5.74, 6) is -0.212. The summed E-state index contributed by atoms with van der Waals surface area (Å²) in [6.45, 7) is 4.69. The van der Waals surface area contributed by atoms with Crippen LogP contribution in [0.1, 0.15) is 41.6 Å². The number of aromatic hydroxyl groups is 1. The zero-order valence-corrected chi connectivity index (χ0v) is 11.8. The van der Waals surface area contributed by atoms with Gasteiger partial charge in [-0.3, -0.25) is 0 Å². The van der Waals surface area contributed by atoms with Crippen LogP contribution >= 0.6 is 0 Å². The van der Waals surface area contributed by atoms with Crippen LogP contribution in [0.25, 0.3) is 0 Å². The molecule has 2 rings (SSSR count). The average Bonchev–Trinajstić information content (AvgIpc) is 2.74. The topological polar surface area (TPSA) is 74.2 Å². The Morgan fingerprint density at radius 1 is 1.35 bits per heavy atom. The van der Waals surface area contributed by atoms with E-state index in [2.05, 4.69) is 0 Å². The number of rotatable bonds is 6. The van der Waals surface area contributed by atoms with Crippen molar-refractivity contribution in [3.63, 3.8) is 0 Å². The van der Waals surface area contributed by atoms with Crippen molar-refractivity contribution in [2.24, 2.45) is 0 Å². The first-order valence-electron chi connectivity index (χ1n) is 6.47. The van der Waals surface area contributed by atoms with Gasteiger partial charge in [-0.15, -0.1) is 0 Å². The molecule has 1 aromatic rings. The number of benzene rings is 1. The Hall–Kier alpha value is -1.79. The molecule has 0 aromatic heterocycles. The van der Waals surface area contributed by atoms with Crippen molar-refractivity contribution in [2.75, 3.05) is 20.3 Å². The van der Waals surface area contributed by atoms with E-state index in [9.17, 15) is 9.90 Å².